The van der Waals surface area contributed by atoms with Crippen LogP contribution < -0.4 is 9.04 Å². The van der Waals surface area contributed by atoms with Gasteiger partial charge in [-0.2, -0.15) is 13.7 Å². The summed E-state index contributed by atoms with van der Waals surface area (Å²) in [6.07, 6.45) is 0.618. The highest BCUT2D eigenvalue weighted by atomic mass is 32.2. The van der Waals surface area contributed by atoms with E-state index < -0.39 is 10.0 Å². The third-order valence-corrected chi connectivity index (χ3v) is 6.43. The Morgan fingerprint density at radius 3 is 2.75 bits per heavy atom. The first-order valence-corrected chi connectivity index (χ1v) is 10.4. The number of benzene rings is 1. The van der Waals surface area contributed by atoms with E-state index in [4.69, 9.17) is 14.4 Å². The van der Waals surface area contributed by atoms with Gasteiger partial charge in [-0.15, -0.1) is 0 Å². The third-order valence-electron chi connectivity index (χ3n) is 4.75. The topological polar surface area (TPSA) is 99.3 Å². The predicted molar refractivity (Wildman–Crippen MR) is 104 cm³/mol. The second-order valence-corrected chi connectivity index (χ2v) is 8.33. The zero-order valence-corrected chi connectivity index (χ0v) is 16.3. The zero-order valence-electron chi connectivity index (χ0n) is 15.5. The summed E-state index contributed by atoms with van der Waals surface area (Å²) in [6, 6.07) is 12.5. The monoisotopic (exact) mass is 397 g/mol. The summed E-state index contributed by atoms with van der Waals surface area (Å²) in [4.78, 5) is 3.06. The molecule has 4 rings (SSSR count). The van der Waals surface area contributed by atoms with Crippen LogP contribution in [0, 0.1) is 18.3 Å². The number of anilines is 1. The van der Waals surface area contributed by atoms with Crippen molar-refractivity contribution >= 4 is 15.7 Å². The lowest BCUT2D eigenvalue weighted by Crippen LogP contribution is -2.37. The minimum atomic E-state index is -3.85. The summed E-state index contributed by atoms with van der Waals surface area (Å²) in [5, 5.41) is 9.09. The fourth-order valence-corrected chi connectivity index (χ4v) is 4.62. The molecule has 1 N–H and O–H groups in total. The fraction of sp³-hybridized carbons (Fsp3) is 0.250. The first-order chi connectivity index (χ1) is 13.4. The Bertz CT molecular complexity index is 1180. The average molecular weight is 397 g/mol. The first-order valence-electron chi connectivity index (χ1n) is 8.92. The molecule has 1 aliphatic rings. The quantitative estimate of drug-likeness (QED) is 0.725. The molecule has 3 aromatic rings. The smallest absolute Gasteiger partial charge is 0.298 e. The van der Waals surface area contributed by atoms with E-state index >= 15 is 0 Å². The van der Waals surface area contributed by atoms with Gasteiger partial charge in [0.05, 0.1) is 12.2 Å². The molecule has 0 atom stereocenters. The van der Waals surface area contributed by atoms with Crippen molar-refractivity contribution in [1.29, 1.82) is 5.26 Å². The number of nitriles is 1. The van der Waals surface area contributed by atoms with Crippen LogP contribution in [0.5, 0.6) is 5.75 Å². The van der Waals surface area contributed by atoms with Gasteiger partial charge in [0, 0.05) is 17.7 Å². The number of fused-ring (bicyclic) bond motifs is 1. The lowest BCUT2D eigenvalue weighted by molar-refractivity contribution is 0.315. The summed E-state index contributed by atoms with van der Waals surface area (Å²) < 4.78 is 38.8. The maximum atomic E-state index is 13.2. The van der Waals surface area contributed by atoms with Crippen molar-refractivity contribution in [1.82, 2.24) is 4.98 Å². The number of sulfonamides is 1. The van der Waals surface area contributed by atoms with E-state index in [1.165, 1.54) is 10.4 Å². The van der Waals surface area contributed by atoms with E-state index in [1.807, 2.05) is 26.0 Å². The summed E-state index contributed by atoms with van der Waals surface area (Å²) in [6.45, 7) is 4.19. The van der Waals surface area contributed by atoms with Crippen LogP contribution in [0.1, 0.15) is 23.9 Å². The van der Waals surface area contributed by atoms with Gasteiger partial charge in [-0.1, -0.05) is 6.92 Å². The summed E-state index contributed by atoms with van der Waals surface area (Å²) >= 11 is 0. The number of nitrogens with zero attached hydrogens (tertiary/aromatic N) is 2. The SMILES string of the molecule is CCc1ccc(S(=O)(=O)N2CCOc3ccc(-c4cc(C)c(C#N)[nH]4)cc32)o1. The van der Waals surface area contributed by atoms with Crippen molar-refractivity contribution in [3.05, 3.63) is 53.4 Å². The molecule has 8 heteroatoms. The summed E-state index contributed by atoms with van der Waals surface area (Å²) in [5.74, 6) is 1.11. The number of aromatic amines is 1. The highest BCUT2D eigenvalue weighted by molar-refractivity contribution is 7.92. The Morgan fingerprint density at radius 1 is 1.25 bits per heavy atom. The Balaban J connectivity index is 1.79. The van der Waals surface area contributed by atoms with E-state index in [2.05, 4.69) is 11.1 Å². The Kier molecular flexibility index (Phi) is 4.40. The van der Waals surface area contributed by atoms with E-state index in [1.54, 1.807) is 18.2 Å². The van der Waals surface area contributed by atoms with E-state index in [9.17, 15) is 8.42 Å². The molecule has 0 bridgehead atoms. The number of furan rings is 1. The molecule has 0 saturated carbocycles. The molecule has 1 aliphatic heterocycles. The van der Waals surface area contributed by atoms with Gasteiger partial charge >= 0.3 is 0 Å². The molecular weight excluding hydrogens is 378 g/mol. The standard InChI is InChI=1S/C20H19N3O4S/c1-3-15-5-7-20(27-15)28(24,25)23-8-9-26-19-6-4-14(11-18(19)23)16-10-13(2)17(12-21)22-16/h4-7,10-11,22H,3,8-9H2,1-2H3. The Labute approximate surface area is 163 Å². The average Bonchev–Trinajstić information content (AvgIpc) is 3.34. The molecule has 3 heterocycles. The Morgan fingerprint density at radius 2 is 2.07 bits per heavy atom. The lowest BCUT2D eigenvalue weighted by Gasteiger charge is -2.30. The van der Waals surface area contributed by atoms with Crippen LogP contribution >= 0.6 is 0 Å². The molecular formula is C20H19N3O4S. The zero-order chi connectivity index (χ0) is 19.9. The summed E-state index contributed by atoms with van der Waals surface area (Å²) in [5.41, 5.74) is 3.27. The fourth-order valence-electron chi connectivity index (χ4n) is 3.24. The second-order valence-electron chi connectivity index (χ2n) is 6.54. The van der Waals surface area contributed by atoms with E-state index in [-0.39, 0.29) is 18.2 Å². The van der Waals surface area contributed by atoms with Crippen LogP contribution in [0.4, 0.5) is 5.69 Å². The van der Waals surface area contributed by atoms with Crippen molar-refractivity contribution in [2.45, 2.75) is 25.4 Å². The molecule has 0 radical (unpaired) electrons. The van der Waals surface area contributed by atoms with Crippen LogP contribution in [-0.2, 0) is 16.4 Å². The number of H-pyrrole nitrogens is 1. The van der Waals surface area contributed by atoms with Crippen LogP contribution in [-0.4, -0.2) is 26.6 Å². The van der Waals surface area contributed by atoms with Gasteiger partial charge in [0.1, 0.15) is 29.9 Å². The third kappa shape index (κ3) is 2.94. The van der Waals surface area contributed by atoms with Crippen molar-refractivity contribution < 1.29 is 17.6 Å². The highest BCUT2D eigenvalue weighted by Gasteiger charge is 2.32. The number of hydrogen-bond donors (Lipinski definition) is 1. The van der Waals surface area contributed by atoms with Gasteiger partial charge in [0.2, 0.25) is 5.09 Å². The highest BCUT2D eigenvalue weighted by Crippen LogP contribution is 2.38. The normalized spacial score (nSPS) is 13.7. The maximum absolute atomic E-state index is 13.2. The molecule has 0 amide bonds. The largest absolute Gasteiger partial charge is 0.489 e. The lowest BCUT2D eigenvalue weighted by atomic mass is 10.1. The number of hydrogen-bond acceptors (Lipinski definition) is 5. The van der Waals surface area contributed by atoms with Crippen LogP contribution in [0.15, 0.2) is 45.9 Å². The van der Waals surface area contributed by atoms with Crippen molar-refractivity contribution in [3.8, 4) is 23.1 Å². The number of nitrogens with one attached hydrogen (secondary N) is 1. The second kappa shape index (κ2) is 6.77. The molecule has 0 spiro atoms. The molecule has 144 valence electrons. The van der Waals surface area contributed by atoms with Crippen LogP contribution in [0.3, 0.4) is 0 Å². The van der Waals surface area contributed by atoms with E-state index in [0.717, 1.165) is 16.8 Å². The van der Waals surface area contributed by atoms with Gasteiger partial charge in [-0.3, -0.25) is 4.31 Å². The van der Waals surface area contributed by atoms with Crippen molar-refractivity contribution in [2.24, 2.45) is 0 Å². The van der Waals surface area contributed by atoms with Gasteiger partial charge < -0.3 is 14.1 Å². The molecule has 0 fully saturated rings. The number of rotatable bonds is 4. The number of aromatic nitrogens is 1. The molecule has 2 aromatic heterocycles. The molecule has 7 nitrogen and oxygen atoms in total. The molecule has 0 unspecified atom stereocenters. The molecule has 1 aromatic carbocycles. The maximum Gasteiger partial charge on any atom is 0.298 e. The minimum Gasteiger partial charge on any atom is -0.489 e. The molecule has 28 heavy (non-hydrogen) atoms. The Hall–Kier alpha value is -3.18. The number of ether oxygens (including phenoxy) is 1. The first kappa shape index (κ1) is 18.2. The van der Waals surface area contributed by atoms with Crippen molar-refractivity contribution in [2.75, 3.05) is 17.5 Å². The molecule has 0 saturated heterocycles. The van der Waals surface area contributed by atoms with Gasteiger partial charge in [0.25, 0.3) is 10.0 Å². The van der Waals surface area contributed by atoms with Crippen LogP contribution in [0.2, 0.25) is 0 Å². The predicted octanol–water partition coefficient (Wildman–Crippen LogP) is 3.60. The van der Waals surface area contributed by atoms with Gasteiger partial charge in [-0.05, 0) is 48.9 Å². The minimum absolute atomic E-state index is 0.0786. The van der Waals surface area contributed by atoms with Gasteiger partial charge in [0.15, 0.2) is 0 Å². The van der Waals surface area contributed by atoms with E-state index in [0.29, 0.717) is 29.3 Å². The van der Waals surface area contributed by atoms with Crippen LogP contribution in [0.25, 0.3) is 11.3 Å². The molecule has 0 aliphatic carbocycles. The number of aryl methyl sites for hydroxylation is 2. The van der Waals surface area contributed by atoms with Crippen molar-refractivity contribution in [3.63, 3.8) is 0 Å². The van der Waals surface area contributed by atoms with Gasteiger partial charge in [-0.25, -0.2) is 0 Å². The summed E-state index contributed by atoms with van der Waals surface area (Å²) in [7, 11) is -3.85.